The average molecular weight is 290 g/mol. The fourth-order valence-electron chi connectivity index (χ4n) is 1.63. The Hall–Kier alpha value is -1.80. The zero-order valence-corrected chi connectivity index (χ0v) is 13.1. The van der Waals surface area contributed by atoms with Gasteiger partial charge in [-0.1, -0.05) is 43.1 Å². The van der Waals surface area contributed by atoms with Crippen LogP contribution >= 0.6 is 11.6 Å². The number of carbonyl (C=O) groups excluding carboxylic acids is 1. The number of amides is 1. The number of nitrogens with one attached hydrogen (secondary N) is 1. The third-order valence-electron chi connectivity index (χ3n) is 2.73. The van der Waals surface area contributed by atoms with Gasteiger partial charge in [0.15, 0.2) is 0 Å². The summed E-state index contributed by atoms with van der Waals surface area (Å²) in [6.45, 7) is 7.89. The highest BCUT2D eigenvalue weighted by atomic mass is 35.5. The van der Waals surface area contributed by atoms with Gasteiger partial charge in [-0.25, -0.2) is 0 Å². The van der Waals surface area contributed by atoms with Gasteiger partial charge in [-0.15, -0.1) is 0 Å². The summed E-state index contributed by atoms with van der Waals surface area (Å²) >= 11 is 5.93. The molecule has 106 valence electrons. The van der Waals surface area contributed by atoms with Crippen molar-refractivity contribution in [1.82, 2.24) is 0 Å². The summed E-state index contributed by atoms with van der Waals surface area (Å²) in [6, 6.07) is 12.9. The quantitative estimate of drug-likeness (QED) is 0.805. The lowest BCUT2D eigenvalue weighted by Crippen LogP contribution is -2.11. The van der Waals surface area contributed by atoms with Crippen LogP contribution in [0.4, 0.5) is 5.69 Å². The maximum atomic E-state index is 12.0. The maximum absolute atomic E-state index is 12.0. The highest BCUT2D eigenvalue weighted by Crippen LogP contribution is 2.17. The second kappa shape index (κ2) is 7.71. The molecular weight excluding hydrogens is 270 g/mol. The van der Waals surface area contributed by atoms with Gasteiger partial charge in [-0.3, -0.25) is 4.79 Å². The molecule has 20 heavy (non-hydrogen) atoms. The van der Waals surface area contributed by atoms with E-state index in [0.29, 0.717) is 10.6 Å². The van der Waals surface area contributed by atoms with E-state index in [1.807, 2.05) is 52.0 Å². The third-order valence-corrected chi connectivity index (χ3v) is 3.15. The van der Waals surface area contributed by atoms with E-state index in [1.54, 1.807) is 18.2 Å². The van der Waals surface area contributed by atoms with Crippen molar-refractivity contribution in [3.63, 3.8) is 0 Å². The minimum atomic E-state index is -0.126. The highest BCUT2D eigenvalue weighted by Gasteiger charge is 2.07. The molecule has 0 bridgehead atoms. The van der Waals surface area contributed by atoms with Crippen molar-refractivity contribution in [2.24, 2.45) is 0 Å². The summed E-state index contributed by atoms with van der Waals surface area (Å²) < 4.78 is 0. The molecule has 0 saturated carbocycles. The van der Waals surface area contributed by atoms with Crippen molar-refractivity contribution in [3.8, 4) is 0 Å². The van der Waals surface area contributed by atoms with Gasteiger partial charge in [-0.2, -0.15) is 0 Å². The van der Waals surface area contributed by atoms with Crippen LogP contribution in [-0.4, -0.2) is 5.91 Å². The van der Waals surface area contributed by atoms with Crippen LogP contribution in [0.2, 0.25) is 5.02 Å². The van der Waals surface area contributed by atoms with Crippen LogP contribution < -0.4 is 5.32 Å². The zero-order chi connectivity index (χ0) is 15.1. The van der Waals surface area contributed by atoms with Crippen LogP contribution in [0.5, 0.6) is 0 Å². The molecule has 2 aromatic rings. The molecule has 2 nitrogen and oxygen atoms in total. The number of halogens is 1. The number of rotatable bonds is 2. The van der Waals surface area contributed by atoms with E-state index >= 15 is 0 Å². The van der Waals surface area contributed by atoms with E-state index in [2.05, 4.69) is 5.32 Å². The molecule has 0 atom stereocenters. The predicted octanol–water partition coefficient (Wildman–Crippen LogP) is 5.24. The van der Waals surface area contributed by atoms with Crippen molar-refractivity contribution in [2.75, 3.05) is 5.32 Å². The summed E-state index contributed by atoms with van der Waals surface area (Å²) in [5, 5.41) is 3.52. The highest BCUT2D eigenvalue weighted by molar-refractivity contribution is 6.31. The van der Waals surface area contributed by atoms with Crippen LogP contribution in [0.1, 0.15) is 35.3 Å². The average Bonchev–Trinajstić information content (AvgIpc) is 2.46. The van der Waals surface area contributed by atoms with Gasteiger partial charge in [0.2, 0.25) is 0 Å². The molecule has 0 unspecified atom stereocenters. The fourth-order valence-corrected chi connectivity index (χ4v) is 1.74. The first kappa shape index (κ1) is 16.3. The number of aryl methyl sites for hydroxylation is 2. The predicted molar refractivity (Wildman–Crippen MR) is 86.7 cm³/mol. The lowest BCUT2D eigenvalue weighted by Gasteiger charge is -2.07. The number of benzene rings is 2. The summed E-state index contributed by atoms with van der Waals surface area (Å²) in [5.41, 5.74) is 3.46. The van der Waals surface area contributed by atoms with Gasteiger partial charge in [0.25, 0.3) is 5.91 Å². The van der Waals surface area contributed by atoms with Gasteiger partial charge < -0.3 is 5.32 Å². The monoisotopic (exact) mass is 289 g/mol. The van der Waals surface area contributed by atoms with Crippen molar-refractivity contribution >= 4 is 23.2 Å². The first-order valence-corrected chi connectivity index (χ1v) is 7.08. The Balaban J connectivity index is 0.000000956. The molecule has 0 aliphatic carbocycles. The van der Waals surface area contributed by atoms with Gasteiger partial charge >= 0.3 is 0 Å². The summed E-state index contributed by atoms with van der Waals surface area (Å²) in [4.78, 5) is 12.0. The summed E-state index contributed by atoms with van der Waals surface area (Å²) in [7, 11) is 0. The molecule has 0 fully saturated rings. The van der Waals surface area contributed by atoms with Crippen molar-refractivity contribution in [1.29, 1.82) is 0 Å². The molecule has 0 spiro atoms. The number of carbonyl (C=O) groups is 1. The van der Waals surface area contributed by atoms with Crippen LogP contribution in [-0.2, 0) is 0 Å². The molecule has 2 rings (SSSR count). The lowest BCUT2D eigenvalue weighted by molar-refractivity contribution is 0.102. The van der Waals surface area contributed by atoms with Crippen molar-refractivity contribution < 1.29 is 4.79 Å². The second-order valence-corrected chi connectivity index (χ2v) is 4.69. The Morgan fingerprint density at radius 2 is 1.60 bits per heavy atom. The summed E-state index contributed by atoms with van der Waals surface area (Å²) in [6.07, 6.45) is 0. The van der Waals surface area contributed by atoms with E-state index < -0.39 is 0 Å². The SMILES string of the molecule is CC.Cc1ccc(NC(=O)c2ccc(Cl)c(C)c2)cc1. The normalized spacial score (nSPS) is 9.45. The largest absolute Gasteiger partial charge is 0.322 e. The molecule has 2 aromatic carbocycles. The van der Waals surface area contributed by atoms with Gasteiger partial charge in [0.1, 0.15) is 0 Å². The van der Waals surface area contributed by atoms with Crippen LogP contribution in [0.3, 0.4) is 0 Å². The standard InChI is InChI=1S/C15H14ClNO.C2H6/c1-10-3-6-13(7-4-10)17-15(18)12-5-8-14(16)11(2)9-12;1-2/h3-9H,1-2H3,(H,17,18);1-2H3. The first-order chi connectivity index (χ1) is 9.56. The van der Waals surface area contributed by atoms with Crippen LogP contribution in [0.25, 0.3) is 0 Å². The topological polar surface area (TPSA) is 29.1 Å². The number of hydrogen-bond acceptors (Lipinski definition) is 1. The fraction of sp³-hybridized carbons (Fsp3) is 0.235. The first-order valence-electron chi connectivity index (χ1n) is 6.70. The molecule has 0 aromatic heterocycles. The van der Waals surface area contributed by atoms with Gasteiger partial charge in [0, 0.05) is 16.3 Å². The third kappa shape index (κ3) is 4.39. The van der Waals surface area contributed by atoms with Crippen LogP contribution in [0.15, 0.2) is 42.5 Å². The maximum Gasteiger partial charge on any atom is 0.255 e. The van der Waals surface area contributed by atoms with E-state index in [1.165, 1.54) is 0 Å². The molecule has 0 aliphatic rings. The molecule has 1 amide bonds. The van der Waals surface area contributed by atoms with E-state index in [9.17, 15) is 4.79 Å². The Kier molecular flexibility index (Phi) is 6.26. The van der Waals surface area contributed by atoms with Crippen molar-refractivity contribution in [2.45, 2.75) is 27.7 Å². The number of hydrogen-bond donors (Lipinski definition) is 1. The van der Waals surface area contributed by atoms with Gasteiger partial charge in [0.05, 0.1) is 0 Å². The molecule has 0 heterocycles. The Morgan fingerprint density at radius 3 is 2.15 bits per heavy atom. The number of anilines is 1. The molecule has 0 aliphatic heterocycles. The van der Waals surface area contributed by atoms with E-state index in [4.69, 9.17) is 11.6 Å². The Labute approximate surface area is 125 Å². The molecule has 1 N–H and O–H groups in total. The van der Waals surface area contributed by atoms with Crippen LogP contribution in [0, 0.1) is 13.8 Å². The second-order valence-electron chi connectivity index (χ2n) is 4.28. The van der Waals surface area contributed by atoms with E-state index in [0.717, 1.165) is 16.8 Å². The van der Waals surface area contributed by atoms with Gasteiger partial charge in [-0.05, 0) is 49.7 Å². The minimum absolute atomic E-state index is 0.126. The molecule has 0 saturated heterocycles. The Morgan fingerprint density at radius 1 is 1.00 bits per heavy atom. The smallest absolute Gasteiger partial charge is 0.255 e. The molecule has 3 heteroatoms. The minimum Gasteiger partial charge on any atom is -0.322 e. The Bertz CT molecular complexity index is 576. The summed E-state index contributed by atoms with van der Waals surface area (Å²) in [5.74, 6) is -0.126. The molecule has 0 radical (unpaired) electrons. The zero-order valence-electron chi connectivity index (χ0n) is 12.3. The van der Waals surface area contributed by atoms with E-state index in [-0.39, 0.29) is 5.91 Å². The lowest BCUT2D eigenvalue weighted by atomic mass is 10.1. The molecular formula is C17H20ClNO. The van der Waals surface area contributed by atoms with Crippen molar-refractivity contribution in [3.05, 3.63) is 64.2 Å².